The number of esters is 3. The second-order valence-electron chi connectivity index (χ2n) is 9.68. The fraction of sp³-hybridized carbons (Fsp3) is 0.161. The van der Waals surface area contributed by atoms with Crippen LogP contribution in [-0.4, -0.2) is 58.3 Å². The molecule has 0 spiro atoms. The van der Waals surface area contributed by atoms with Gasteiger partial charge in [-0.05, 0) is 36.4 Å². The molecule has 4 aromatic rings. The molecule has 0 bridgehead atoms. The van der Waals surface area contributed by atoms with Gasteiger partial charge in [0.1, 0.15) is 12.7 Å². The number of fused-ring (bicyclic) bond motifs is 2. The van der Waals surface area contributed by atoms with Gasteiger partial charge in [0.15, 0.2) is 24.3 Å². The van der Waals surface area contributed by atoms with Crippen molar-refractivity contribution in [2.45, 2.75) is 24.5 Å². The zero-order valence-corrected chi connectivity index (χ0v) is 22.7. The third-order valence-corrected chi connectivity index (χ3v) is 6.89. The lowest BCUT2D eigenvalue weighted by atomic mass is 10.0. The van der Waals surface area contributed by atoms with E-state index in [2.05, 4.69) is 10.5 Å². The van der Waals surface area contributed by atoms with Crippen LogP contribution in [0.4, 0.5) is 5.82 Å². The number of nitrogens with zero attached hydrogens (tertiary/aromatic N) is 2. The zero-order valence-electron chi connectivity index (χ0n) is 22.7. The number of hydrogen-bond acceptors (Lipinski definition) is 12. The van der Waals surface area contributed by atoms with E-state index in [1.165, 1.54) is 24.4 Å². The van der Waals surface area contributed by atoms with Crippen LogP contribution in [0.15, 0.2) is 102 Å². The van der Waals surface area contributed by atoms with Crippen LogP contribution < -0.4 is 11.2 Å². The summed E-state index contributed by atoms with van der Waals surface area (Å²) >= 11 is 0. The summed E-state index contributed by atoms with van der Waals surface area (Å²) in [7, 11) is 0. The molecule has 0 saturated carbocycles. The summed E-state index contributed by atoms with van der Waals surface area (Å²) in [6, 6.07) is 23.7. The van der Waals surface area contributed by atoms with Crippen molar-refractivity contribution >= 4 is 29.7 Å². The molecule has 0 radical (unpaired) electrons. The first-order chi connectivity index (χ1) is 21.4. The maximum Gasteiger partial charge on any atom is 0.362 e. The van der Waals surface area contributed by atoms with Gasteiger partial charge in [-0.2, -0.15) is 10.5 Å². The molecule has 0 amide bonds. The predicted molar refractivity (Wildman–Crippen MR) is 149 cm³/mol. The molecule has 1 unspecified atom stereocenters. The van der Waals surface area contributed by atoms with Gasteiger partial charge >= 0.3 is 29.6 Å². The van der Waals surface area contributed by atoms with Crippen LogP contribution in [0.25, 0.3) is 0 Å². The van der Waals surface area contributed by atoms with Crippen LogP contribution in [0.2, 0.25) is 0 Å². The maximum absolute atomic E-state index is 13.2. The molecule has 2 aliphatic heterocycles. The van der Waals surface area contributed by atoms with Gasteiger partial charge in [0, 0.05) is 12.3 Å². The molecule has 2 aliphatic rings. The number of benzene rings is 3. The largest absolute Gasteiger partial charge is 0.459 e. The molecule has 13 heteroatoms. The molecule has 3 heterocycles. The Hall–Kier alpha value is -5.82. The Morgan fingerprint density at radius 3 is 1.93 bits per heavy atom. The number of nitrogens with one attached hydrogen (secondary N) is 1. The van der Waals surface area contributed by atoms with Crippen LogP contribution in [-0.2, 0) is 23.8 Å². The SMILES string of the molecule is O=C(OC[C@H]1O[C@@H](n2ccc(NOC(=O)c3ccccc3)nc2=O)[C@H]2OC(=O)c3ccccc3C(=O)OC12)c1ccccc1. The van der Waals surface area contributed by atoms with Gasteiger partial charge in [-0.1, -0.05) is 48.5 Å². The van der Waals surface area contributed by atoms with E-state index < -0.39 is 60.7 Å². The van der Waals surface area contributed by atoms with Gasteiger partial charge in [-0.25, -0.2) is 24.0 Å². The topological polar surface area (TPSA) is 161 Å². The lowest BCUT2D eigenvalue weighted by Crippen LogP contribution is -2.44. The van der Waals surface area contributed by atoms with Crippen molar-refractivity contribution in [3.05, 3.63) is 130 Å². The Labute approximate surface area is 248 Å². The highest BCUT2D eigenvalue weighted by Gasteiger charge is 2.52. The van der Waals surface area contributed by atoms with Gasteiger partial charge in [-0.15, -0.1) is 0 Å². The lowest BCUT2D eigenvalue weighted by Gasteiger charge is -2.27. The molecule has 1 fully saturated rings. The van der Waals surface area contributed by atoms with E-state index >= 15 is 0 Å². The Morgan fingerprint density at radius 1 is 0.750 bits per heavy atom. The van der Waals surface area contributed by atoms with Crippen LogP contribution in [0.5, 0.6) is 0 Å². The molecule has 6 rings (SSSR count). The van der Waals surface area contributed by atoms with E-state index in [0.717, 1.165) is 4.57 Å². The van der Waals surface area contributed by atoms with Gasteiger partial charge < -0.3 is 23.8 Å². The van der Waals surface area contributed by atoms with Crippen molar-refractivity contribution in [2.75, 3.05) is 12.1 Å². The minimum absolute atomic E-state index is 0.0151. The fourth-order valence-corrected chi connectivity index (χ4v) is 4.76. The third-order valence-electron chi connectivity index (χ3n) is 6.89. The minimum atomic E-state index is -1.33. The fourth-order valence-electron chi connectivity index (χ4n) is 4.76. The summed E-state index contributed by atoms with van der Waals surface area (Å²) in [4.78, 5) is 73.1. The average Bonchev–Trinajstić information content (AvgIpc) is 3.37. The summed E-state index contributed by atoms with van der Waals surface area (Å²) in [5, 5.41) is 0. The molecule has 1 saturated heterocycles. The number of hydrogen-bond donors (Lipinski definition) is 1. The van der Waals surface area contributed by atoms with E-state index in [1.807, 2.05) is 0 Å². The molecular weight excluding hydrogens is 574 g/mol. The van der Waals surface area contributed by atoms with Crippen molar-refractivity contribution in [2.24, 2.45) is 0 Å². The molecule has 13 nitrogen and oxygen atoms in total. The lowest BCUT2D eigenvalue weighted by molar-refractivity contribution is -0.0636. The van der Waals surface area contributed by atoms with E-state index in [0.29, 0.717) is 0 Å². The van der Waals surface area contributed by atoms with Crippen molar-refractivity contribution in [3.8, 4) is 0 Å². The second kappa shape index (κ2) is 12.2. The summed E-state index contributed by atoms with van der Waals surface area (Å²) in [5.74, 6) is -3.10. The van der Waals surface area contributed by atoms with Crippen molar-refractivity contribution in [1.82, 2.24) is 9.55 Å². The van der Waals surface area contributed by atoms with E-state index in [1.54, 1.807) is 72.8 Å². The first-order valence-corrected chi connectivity index (χ1v) is 13.4. The molecule has 222 valence electrons. The molecular formula is C31H23N3O10. The predicted octanol–water partition coefficient (Wildman–Crippen LogP) is 2.95. The zero-order chi connectivity index (χ0) is 30.6. The van der Waals surface area contributed by atoms with E-state index in [-0.39, 0.29) is 28.1 Å². The van der Waals surface area contributed by atoms with Crippen molar-refractivity contribution < 1.29 is 43.0 Å². The molecule has 1 aromatic heterocycles. The Kier molecular flexibility index (Phi) is 7.84. The molecule has 44 heavy (non-hydrogen) atoms. The summed E-state index contributed by atoms with van der Waals surface area (Å²) in [6.45, 7) is -0.394. The van der Waals surface area contributed by atoms with Crippen LogP contribution in [0.1, 0.15) is 47.7 Å². The van der Waals surface area contributed by atoms with Crippen LogP contribution >= 0.6 is 0 Å². The molecule has 3 aromatic carbocycles. The maximum atomic E-state index is 13.2. The van der Waals surface area contributed by atoms with E-state index in [9.17, 15) is 24.0 Å². The third kappa shape index (κ3) is 5.76. The average molecular weight is 598 g/mol. The second-order valence-corrected chi connectivity index (χ2v) is 9.68. The molecule has 4 atom stereocenters. The highest BCUT2D eigenvalue weighted by molar-refractivity contribution is 6.03. The quantitative estimate of drug-likeness (QED) is 0.189. The Bertz CT molecular complexity index is 1780. The van der Waals surface area contributed by atoms with Gasteiger partial charge in [0.25, 0.3) is 0 Å². The number of carbonyl (C=O) groups is 4. The number of carbonyl (C=O) groups excluding carboxylic acids is 4. The monoisotopic (exact) mass is 597 g/mol. The minimum Gasteiger partial charge on any atom is -0.459 e. The number of ether oxygens (including phenoxy) is 4. The van der Waals surface area contributed by atoms with Crippen LogP contribution in [0.3, 0.4) is 0 Å². The van der Waals surface area contributed by atoms with Crippen LogP contribution in [0, 0.1) is 0 Å². The van der Waals surface area contributed by atoms with E-state index in [4.69, 9.17) is 23.8 Å². The first-order valence-electron chi connectivity index (χ1n) is 13.4. The number of rotatable bonds is 7. The molecule has 1 N–H and O–H groups in total. The number of anilines is 1. The van der Waals surface area contributed by atoms with Gasteiger partial charge in [0.05, 0.1) is 22.3 Å². The highest BCUT2D eigenvalue weighted by Crippen LogP contribution is 2.36. The summed E-state index contributed by atoms with van der Waals surface area (Å²) in [5.41, 5.74) is 1.97. The number of aromatic nitrogens is 2. The smallest absolute Gasteiger partial charge is 0.362 e. The first kappa shape index (κ1) is 28.3. The standard InChI is InChI=1S/C31H23N3O10/c35-27(18-9-3-1-4-10-18)40-17-22-24-25(43-30(38)21-14-8-7-13-20(21)29(37)42-24)26(41-22)34-16-15-23(32-31(34)39)33-44-28(36)19-11-5-2-6-12-19/h1-16,22,24-26H,17H2,(H,32,33,39)/t22-,24?,25+,26-/m1/s1. The van der Waals surface area contributed by atoms with Gasteiger partial charge in [0.2, 0.25) is 0 Å². The summed E-state index contributed by atoms with van der Waals surface area (Å²) in [6.07, 6.45) is -3.77. The van der Waals surface area contributed by atoms with Crippen molar-refractivity contribution in [3.63, 3.8) is 0 Å². The van der Waals surface area contributed by atoms with Crippen molar-refractivity contribution in [1.29, 1.82) is 0 Å². The normalized spacial score (nSPS) is 20.5. The summed E-state index contributed by atoms with van der Waals surface area (Å²) < 4.78 is 24.0. The highest BCUT2D eigenvalue weighted by atomic mass is 16.7. The Morgan fingerprint density at radius 2 is 1.32 bits per heavy atom. The Balaban J connectivity index is 1.26. The van der Waals surface area contributed by atoms with Gasteiger partial charge in [-0.3, -0.25) is 4.57 Å². The molecule has 0 aliphatic carbocycles.